The molecule has 25 heavy (non-hydrogen) atoms. The highest BCUT2D eigenvalue weighted by atomic mass is 127. The molecule has 0 aliphatic carbocycles. The normalized spacial score (nSPS) is 11.9. The van der Waals surface area contributed by atoms with Crippen LogP contribution in [0.1, 0.15) is 22.5 Å². The second kappa shape index (κ2) is 11.0. The monoisotopic (exact) mass is 504 g/mol. The number of thiazole rings is 1. The van der Waals surface area contributed by atoms with Crippen molar-refractivity contribution in [2.45, 2.75) is 25.9 Å². The van der Waals surface area contributed by atoms with Crippen LogP contribution >= 0.6 is 46.7 Å². The summed E-state index contributed by atoms with van der Waals surface area (Å²) in [6.07, 6.45) is -3.08. The lowest BCUT2D eigenvalue weighted by molar-refractivity contribution is -0.140. The first-order chi connectivity index (χ1) is 11.5. The van der Waals surface area contributed by atoms with Gasteiger partial charge in [-0.3, -0.25) is 4.99 Å². The van der Waals surface area contributed by atoms with Gasteiger partial charge < -0.3 is 10.6 Å². The fourth-order valence-corrected chi connectivity index (χ4v) is 3.42. The molecule has 2 heterocycles. The fraction of sp³-hybridized carbons (Fsp3) is 0.467. The standard InChI is InChI=1S/C15H19F3N4S2.HI/c1-2-19-14(20-7-5-11-4-3-9-23-11)21-8-6-13-22-12(10-24-13)15(16,17)18;/h3-4,9-10H,2,5-8H2,1H3,(H2,19,20,21);1H. The van der Waals surface area contributed by atoms with E-state index in [-0.39, 0.29) is 24.0 Å². The summed E-state index contributed by atoms with van der Waals surface area (Å²) in [6.45, 7) is 3.83. The molecule has 0 aliphatic heterocycles. The van der Waals surface area contributed by atoms with Crippen LogP contribution in [0.5, 0.6) is 0 Å². The molecule has 2 aromatic heterocycles. The van der Waals surface area contributed by atoms with E-state index in [0.717, 1.165) is 36.2 Å². The van der Waals surface area contributed by atoms with Crippen molar-refractivity contribution >= 4 is 52.6 Å². The minimum Gasteiger partial charge on any atom is -0.357 e. The van der Waals surface area contributed by atoms with Crippen LogP contribution in [0.25, 0.3) is 0 Å². The van der Waals surface area contributed by atoms with Gasteiger partial charge in [-0.25, -0.2) is 4.98 Å². The van der Waals surface area contributed by atoms with E-state index in [1.54, 1.807) is 11.3 Å². The van der Waals surface area contributed by atoms with Crippen LogP contribution in [0.4, 0.5) is 13.2 Å². The van der Waals surface area contributed by atoms with E-state index < -0.39 is 11.9 Å². The second-order valence-corrected chi connectivity index (χ2v) is 6.87. The molecule has 0 saturated carbocycles. The molecule has 0 fully saturated rings. The average Bonchev–Trinajstić information content (AvgIpc) is 3.18. The van der Waals surface area contributed by atoms with Crippen molar-refractivity contribution in [3.8, 4) is 0 Å². The molecular weight excluding hydrogens is 484 g/mol. The van der Waals surface area contributed by atoms with E-state index >= 15 is 0 Å². The summed E-state index contributed by atoms with van der Waals surface area (Å²) < 4.78 is 37.5. The molecule has 2 aromatic rings. The zero-order chi connectivity index (χ0) is 17.4. The molecule has 0 bridgehead atoms. The van der Waals surface area contributed by atoms with Crippen LogP contribution in [-0.2, 0) is 19.0 Å². The van der Waals surface area contributed by atoms with Gasteiger partial charge in [0.1, 0.15) is 0 Å². The molecule has 0 unspecified atom stereocenters. The molecule has 140 valence electrons. The van der Waals surface area contributed by atoms with Crippen molar-refractivity contribution in [1.82, 2.24) is 15.6 Å². The molecule has 0 aromatic carbocycles. The Hall–Kier alpha value is -0.880. The molecule has 0 atom stereocenters. The zero-order valence-electron chi connectivity index (χ0n) is 13.6. The number of nitrogens with one attached hydrogen (secondary N) is 2. The number of guanidine groups is 1. The van der Waals surface area contributed by atoms with Crippen LogP contribution in [0.3, 0.4) is 0 Å². The van der Waals surface area contributed by atoms with E-state index in [4.69, 9.17) is 0 Å². The summed E-state index contributed by atoms with van der Waals surface area (Å²) in [5, 5.41) is 9.88. The molecule has 2 rings (SSSR count). The number of halogens is 4. The van der Waals surface area contributed by atoms with E-state index in [1.807, 2.05) is 18.4 Å². The van der Waals surface area contributed by atoms with Crippen molar-refractivity contribution in [1.29, 1.82) is 0 Å². The molecule has 0 saturated heterocycles. The van der Waals surface area contributed by atoms with Gasteiger partial charge in [0.2, 0.25) is 0 Å². The number of alkyl halides is 3. The first-order valence-electron chi connectivity index (χ1n) is 7.55. The third kappa shape index (κ3) is 7.90. The summed E-state index contributed by atoms with van der Waals surface area (Å²) in [4.78, 5) is 9.28. The van der Waals surface area contributed by atoms with Gasteiger partial charge in [0.25, 0.3) is 0 Å². The van der Waals surface area contributed by atoms with Gasteiger partial charge in [0, 0.05) is 36.3 Å². The number of hydrogen-bond donors (Lipinski definition) is 2. The molecule has 0 aliphatic rings. The highest BCUT2D eigenvalue weighted by Crippen LogP contribution is 2.30. The van der Waals surface area contributed by atoms with Crippen LogP contribution in [0.15, 0.2) is 27.9 Å². The highest BCUT2D eigenvalue weighted by Gasteiger charge is 2.33. The number of hydrogen-bond acceptors (Lipinski definition) is 4. The summed E-state index contributed by atoms with van der Waals surface area (Å²) in [6, 6.07) is 4.10. The lowest BCUT2D eigenvalue weighted by Crippen LogP contribution is -2.38. The molecule has 4 nitrogen and oxygen atoms in total. The third-order valence-electron chi connectivity index (χ3n) is 3.03. The van der Waals surface area contributed by atoms with Gasteiger partial charge in [0.05, 0.1) is 5.01 Å². The highest BCUT2D eigenvalue weighted by molar-refractivity contribution is 14.0. The maximum absolute atomic E-state index is 12.5. The van der Waals surface area contributed by atoms with Crippen LogP contribution in [0, 0.1) is 0 Å². The molecule has 2 N–H and O–H groups in total. The minimum atomic E-state index is -4.38. The molecule has 0 amide bonds. The van der Waals surface area contributed by atoms with Gasteiger partial charge in [-0.1, -0.05) is 6.07 Å². The van der Waals surface area contributed by atoms with Gasteiger partial charge in [-0.05, 0) is 24.8 Å². The van der Waals surface area contributed by atoms with Crippen LogP contribution < -0.4 is 10.6 Å². The van der Waals surface area contributed by atoms with Crippen molar-refractivity contribution in [3.63, 3.8) is 0 Å². The molecule has 10 heteroatoms. The second-order valence-electron chi connectivity index (χ2n) is 4.89. The fourth-order valence-electron chi connectivity index (χ4n) is 1.92. The van der Waals surface area contributed by atoms with Crippen LogP contribution in [-0.4, -0.2) is 30.6 Å². The van der Waals surface area contributed by atoms with Gasteiger partial charge in [0.15, 0.2) is 11.7 Å². The van der Waals surface area contributed by atoms with Gasteiger partial charge in [-0.2, -0.15) is 13.2 Å². The Morgan fingerprint density at radius 1 is 1.24 bits per heavy atom. The first kappa shape index (κ1) is 22.2. The number of aromatic nitrogens is 1. The Kier molecular flexibility index (Phi) is 9.72. The van der Waals surface area contributed by atoms with Crippen molar-refractivity contribution < 1.29 is 13.2 Å². The first-order valence-corrected chi connectivity index (χ1v) is 9.31. The molecule has 0 radical (unpaired) electrons. The zero-order valence-corrected chi connectivity index (χ0v) is 17.6. The largest absolute Gasteiger partial charge is 0.434 e. The Morgan fingerprint density at radius 3 is 2.64 bits per heavy atom. The van der Waals surface area contributed by atoms with Crippen LogP contribution in [0.2, 0.25) is 0 Å². The lowest BCUT2D eigenvalue weighted by Gasteiger charge is -2.10. The van der Waals surface area contributed by atoms with Gasteiger partial charge in [-0.15, -0.1) is 46.7 Å². The van der Waals surface area contributed by atoms with E-state index in [9.17, 15) is 13.2 Å². The average molecular weight is 504 g/mol. The van der Waals surface area contributed by atoms with Crippen molar-refractivity contribution in [3.05, 3.63) is 38.5 Å². The summed E-state index contributed by atoms with van der Waals surface area (Å²) in [7, 11) is 0. The predicted octanol–water partition coefficient (Wildman–Crippen LogP) is 4.18. The minimum absolute atomic E-state index is 0. The van der Waals surface area contributed by atoms with E-state index in [1.165, 1.54) is 4.88 Å². The Labute approximate surface area is 170 Å². The number of nitrogens with zero attached hydrogens (tertiary/aromatic N) is 2. The smallest absolute Gasteiger partial charge is 0.357 e. The topological polar surface area (TPSA) is 49.3 Å². The Morgan fingerprint density at radius 2 is 2.04 bits per heavy atom. The summed E-state index contributed by atoms with van der Waals surface area (Å²) in [5.41, 5.74) is -0.826. The summed E-state index contributed by atoms with van der Waals surface area (Å²) >= 11 is 2.73. The third-order valence-corrected chi connectivity index (χ3v) is 4.87. The van der Waals surface area contributed by atoms with E-state index in [2.05, 4.69) is 26.7 Å². The molecule has 0 spiro atoms. The number of thiophene rings is 1. The Balaban J connectivity index is 0.00000312. The number of rotatable bonds is 7. The maximum Gasteiger partial charge on any atom is 0.434 e. The number of aliphatic imine (C=N–C) groups is 1. The van der Waals surface area contributed by atoms with Crippen molar-refractivity contribution in [2.75, 3.05) is 19.6 Å². The lowest BCUT2D eigenvalue weighted by atomic mass is 10.3. The quantitative estimate of drug-likeness (QED) is 0.338. The predicted molar refractivity (Wildman–Crippen MR) is 108 cm³/mol. The van der Waals surface area contributed by atoms with Crippen molar-refractivity contribution in [2.24, 2.45) is 4.99 Å². The SMILES string of the molecule is CCNC(=NCCc1nc(C(F)(F)F)cs1)NCCc1cccs1.I. The molecular formula is C15H20F3IN4S2. The Bertz CT molecular complexity index is 641. The van der Waals surface area contributed by atoms with Gasteiger partial charge >= 0.3 is 6.18 Å². The van der Waals surface area contributed by atoms with E-state index in [0.29, 0.717) is 23.9 Å². The summed E-state index contributed by atoms with van der Waals surface area (Å²) in [5.74, 6) is 0.668. The maximum atomic E-state index is 12.5.